The number of nitrogens with zero attached hydrogens (tertiary/aromatic N) is 2. The maximum atomic E-state index is 14.6. The highest BCUT2D eigenvalue weighted by Crippen LogP contribution is 2.19. The van der Waals surface area contributed by atoms with Gasteiger partial charge in [0.2, 0.25) is 0 Å². The molecule has 2 aromatic carbocycles. The van der Waals surface area contributed by atoms with Crippen molar-refractivity contribution in [2.24, 2.45) is 0 Å². The second-order valence-corrected chi connectivity index (χ2v) is 9.35. The largest absolute Gasteiger partial charge is 0.489 e. The first-order valence-corrected chi connectivity index (χ1v) is 11.4. The molecule has 0 spiro atoms. The van der Waals surface area contributed by atoms with E-state index < -0.39 is 5.60 Å². The quantitative estimate of drug-likeness (QED) is 0.575. The second-order valence-electron chi connectivity index (χ2n) is 9.35. The smallest absolute Gasteiger partial charge is 0.410 e. The summed E-state index contributed by atoms with van der Waals surface area (Å²) in [5, 5.41) is 0. The summed E-state index contributed by atoms with van der Waals surface area (Å²) in [6.07, 6.45) is 1.89. The molecule has 1 fully saturated rings. The molecule has 1 heterocycles. The molecule has 0 aliphatic carbocycles. The average Bonchev–Trinajstić information content (AvgIpc) is 2.74. The van der Waals surface area contributed by atoms with Gasteiger partial charge in [0, 0.05) is 38.3 Å². The van der Waals surface area contributed by atoms with Crippen molar-refractivity contribution in [3.8, 4) is 5.75 Å². The maximum absolute atomic E-state index is 14.6. The number of halogens is 1. The fourth-order valence-electron chi connectivity index (χ4n) is 3.68. The van der Waals surface area contributed by atoms with Gasteiger partial charge >= 0.3 is 6.09 Å². The molecule has 0 unspecified atom stereocenters. The van der Waals surface area contributed by atoms with Gasteiger partial charge in [-0.2, -0.15) is 0 Å². The number of carbonyl (C=O) groups excluding carboxylic acids is 1. The molecule has 1 aliphatic heterocycles. The lowest BCUT2D eigenvalue weighted by Crippen LogP contribution is -2.49. The number of hydrogen-bond acceptors (Lipinski definition) is 4. The number of ether oxygens (including phenoxy) is 2. The summed E-state index contributed by atoms with van der Waals surface area (Å²) in [5.74, 6) is 0.494. The van der Waals surface area contributed by atoms with Crippen LogP contribution in [0.4, 0.5) is 9.18 Å². The number of piperazine rings is 1. The lowest BCUT2D eigenvalue weighted by molar-refractivity contribution is 0.0139. The summed E-state index contributed by atoms with van der Waals surface area (Å²) in [6.45, 7) is 11.3. The molecule has 0 bridgehead atoms. The zero-order valence-corrected chi connectivity index (χ0v) is 19.7. The minimum atomic E-state index is -0.490. The van der Waals surface area contributed by atoms with Crippen molar-refractivity contribution in [3.05, 3.63) is 65.0 Å². The first-order chi connectivity index (χ1) is 15.2. The van der Waals surface area contributed by atoms with E-state index in [4.69, 9.17) is 9.47 Å². The first-order valence-electron chi connectivity index (χ1n) is 11.4. The Hall–Kier alpha value is -2.60. The number of aryl methyl sites for hydroxylation is 1. The maximum Gasteiger partial charge on any atom is 0.410 e. The van der Waals surface area contributed by atoms with Crippen molar-refractivity contribution >= 4 is 6.09 Å². The summed E-state index contributed by atoms with van der Waals surface area (Å²) in [6, 6.07) is 13.3. The van der Waals surface area contributed by atoms with Crippen LogP contribution in [0.25, 0.3) is 0 Å². The van der Waals surface area contributed by atoms with Gasteiger partial charge in [-0.05, 0) is 56.5 Å². The van der Waals surface area contributed by atoms with E-state index in [-0.39, 0.29) is 18.5 Å². The minimum Gasteiger partial charge on any atom is -0.489 e. The van der Waals surface area contributed by atoms with Crippen molar-refractivity contribution < 1.29 is 18.7 Å². The van der Waals surface area contributed by atoms with E-state index in [2.05, 4.69) is 24.0 Å². The zero-order chi connectivity index (χ0) is 23.1. The molecule has 32 heavy (non-hydrogen) atoms. The highest BCUT2D eigenvalue weighted by molar-refractivity contribution is 5.68. The number of rotatable bonds is 7. The summed E-state index contributed by atoms with van der Waals surface area (Å²) < 4.78 is 25.8. The van der Waals surface area contributed by atoms with Crippen LogP contribution in [0.15, 0.2) is 42.5 Å². The van der Waals surface area contributed by atoms with Crippen molar-refractivity contribution in [1.29, 1.82) is 0 Å². The van der Waals surface area contributed by atoms with Crippen molar-refractivity contribution in [3.63, 3.8) is 0 Å². The van der Waals surface area contributed by atoms with E-state index in [0.717, 1.165) is 37.2 Å². The second kappa shape index (κ2) is 10.8. The van der Waals surface area contributed by atoms with Gasteiger partial charge in [0.1, 0.15) is 23.8 Å². The van der Waals surface area contributed by atoms with E-state index >= 15 is 0 Å². The third kappa shape index (κ3) is 7.23. The molecular weight excluding hydrogens is 407 g/mol. The monoisotopic (exact) mass is 442 g/mol. The Kier molecular flexibility index (Phi) is 8.13. The molecule has 0 atom stereocenters. The van der Waals surface area contributed by atoms with Gasteiger partial charge in [-0.15, -0.1) is 0 Å². The van der Waals surface area contributed by atoms with Crippen LogP contribution in [0.5, 0.6) is 5.75 Å². The van der Waals surface area contributed by atoms with E-state index in [1.165, 1.54) is 5.56 Å². The topological polar surface area (TPSA) is 42.0 Å². The first kappa shape index (κ1) is 24.1. The Morgan fingerprint density at radius 3 is 2.25 bits per heavy atom. The van der Waals surface area contributed by atoms with E-state index in [1.807, 2.05) is 39.0 Å². The van der Waals surface area contributed by atoms with Crippen LogP contribution in [0.3, 0.4) is 0 Å². The number of hydrogen-bond donors (Lipinski definition) is 0. The van der Waals surface area contributed by atoms with Gasteiger partial charge < -0.3 is 14.4 Å². The molecule has 1 saturated heterocycles. The van der Waals surface area contributed by atoms with Crippen LogP contribution in [-0.2, 0) is 24.3 Å². The predicted octanol–water partition coefficient (Wildman–Crippen LogP) is 5.41. The molecular formula is C26H35FN2O3. The Morgan fingerprint density at radius 1 is 1.00 bits per heavy atom. The van der Waals surface area contributed by atoms with Crippen LogP contribution in [0, 0.1) is 5.82 Å². The fraction of sp³-hybridized carbons (Fsp3) is 0.500. The Balaban J connectivity index is 1.47. The zero-order valence-electron chi connectivity index (χ0n) is 19.7. The Labute approximate surface area is 191 Å². The third-order valence-electron chi connectivity index (χ3n) is 5.40. The number of amides is 1. The van der Waals surface area contributed by atoms with Crippen molar-refractivity contribution in [2.75, 3.05) is 26.2 Å². The lowest BCUT2D eigenvalue weighted by Gasteiger charge is -2.35. The summed E-state index contributed by atoms with van der Waals surface area (Å²) in [7, 11) is 0. The molecule has 3 rings (SSSR count). The summed E-state index contributed by atoms with van der Waals surface area (Å²) >= 11 is 0. The van der Waals surface area contributed by atoms with Gasteiger partial charge in [0.25, 0.3) is 0 Å². The molecule has 1 aliphatic rings. The minimum absolute atomic E-state index is 0.202. The van der Waals surface area contributed by atoms with Crippen molar-refractivity contribution in [2.45, 2.75) is 59.3 Å². The highest BCUT2D eigenvalue weighted by Gasteiger charge is 2.25. The van der Waals surface area contributed by atoms with Crippen molar-refractivity contribution in [1.82, 2.24) is 9.80 Å². The molecule has 0 N–H and O–H groups in total. The third-order valence-corrected chi connectivity index (χ3v) is 5.40. The molecule has 2 aromatic rings. The normalized spacial score (nSPS) is 15.0. The highest BCUT2D eigenvalue weighted by atomic mass is 19.1. The Morgan fingerprint density at radius 2 is 1.66 bits per heavy atom. The molecule has 6 heteroatoms. The molecule has 5 nitrogen and oxygen atoms in total. The summed E-state index contributed by atoms with van der Waals surface area (Å²) in [5.41, 5.74) is 2.25. The van der Waals surface area contributed by atoms with Gasteiger partial charge in [0.05, 0.1) is 0 Å². The van der Waals surface area contributed by atoms with E-state index in [9.17, 15) is 9.18 Å². The Bertz CT molecular complexity index is 885. The van der Waals surface area contributed by atoms with Gasteiger partial charge in [-0.1, -0.05) is 37.6 Å². The van der Waals surface area contributed by atoms with Crippen LogP contribution >= 0.6 is 0 Å². The van der Waals surface area contributed by atoms with Gasteiger partial charge in [-0.25, -0.2) is 9.18 Å². The standard InChI is InChI=1S/C26H35FN2O3/c1-5-6-20-8-11-23(12-9-20)31-19-22-10-7-21(17-24(22)27)18-28-13-15-29(16-14-28)25(30)32-26(2,3)4/h7-12,17H,5-6,13-16,18-19H2,1-4H3. The van der Waals surface area contributed by atoms with E-state index in [1.54, 1.807) is 17.0 Å². The van der Waals surface area contributed by atoms with Crippen LogP contribution < -0.4 is 4.74 Å². The van der Waals surface area contributed by atoms with Crippen LogP contribution in [0.1, 0.15) is 50.8 Å². The molecule has 0 aromatic heterocycles. The number of benzene rings is 2. The number of carbonyl (C=O) groups is 1. The van der Waals surface area contributed by atoms with Crippen LogP contribution in [0.2, 0.25) is 0 Å². The molecule has 0 saturated carbocycles. The average molecular weight is 443 g/mol. The summed E-state index contributed by atoms with van der Waals surface area (Å²) in [4.78, 5) is 16.2. The van der Waals surface area contributed by atoms with Crippen LogP contribution in [-0.4, -0.2) is 47.7 Å². The van der Waals surface area contributed by atoms with Gasteiger partial charge in [-0.3, -0.25) is 4.90 Å². The molecule has 174 valence electrons. The lowest BCUT2D eigenvalue weighted by atomic mass is 10.1. The fourth-order valence-corrected chi connectivity index (χ4v) is 3.68. The molecule has 0 radical (unpaired) electrons. The predicted molar refractivity (Wildman–Crippen MR) is 124 cm³/mol. The SMILES string of the molecule is CCCc1ccc(OCc2ccc(CN3CCN(C(=O)OC(C)(C)C)CC3)cc2F)cc1. The van der Waals surface area contributed by atoms with Gasteiger partial charge in [0.15, 0.2) is 0 Å². The molecule has 1 amide bonds. The van der Waals surface area contributed by atoms with E-state index in [0.29, 0.717) is 25.2 Å².